The Morgan fingerprint density at radius 2 is 1.62 bits per heavy atom. The number of rotatable bonds is 7. The summed E-state index contributed by atoms with van der Waals surface area (Å²) in [5, 5.41) is 0. The highest BCUT2D eigenvalue weighted by Gasteiger charge is 2.28. The van der Waals surface area contributed by atoms with Crippen molar-refractivity contribution < 1.29 is 32.9 Å². The van der Waals surface area contributed by atoms with Gasteiger partial charge in [0.1, 0.15) is 29.7 Å². The van der Waals surface area contributed by atoms with Crippen LogP contribution in [0.25, 0.3) is 6.08 Å². The smallest absolute Gasteiger partial charge is 0.231 e. The number of carbonyl (C=O) groups is 1. The second-order valence-electron chi connectivity index (χ2n) is 6.93. The molecular formula is C25H21FO6. The van der Waals surface area contributed by atoms with E-state index in [9.17, 15) is 9.18 Å². The number of halogens is 1. The lowest BCUT2D eigenvalue weighted by molar-refractivity contribution is 0.101. The second-order valence-corrected chi connectivity index (χ2v) is 6.93. The van der Waals surface area contributed by atoms with Crippen LogP contribution >= 0.6 is 0 Å². The average Bonchev–Trinajstić information content (AvgIpc) is 3.12. The Morgan fingerprint density at radius 1 is 0.906 bits per heavy atom. The fourth-order valence-corrected chi connectivity index (χ4v) is 3.34. The van der Waals surface area contributed by atoms with E-state index in [0.717, 1.165) is 0 Å². The van der Waals surface area contributed by atoms with Crippen LogP contribution in [0.1, 0.15) is 21.5 Å². The lowest BCUT2D eigenvalue weighted by Crippen LogP contribution is -2.00. The average molecular weight is 436 g/mol. The molecule has 0 radical (unpaired) electrons. The van der Waals surface area contributed by atoms with E-state index in [2.05, 4.69) is 0 Å². The van der Waals surface area contributed by atoms with Gasteiger partial charge >= 0.3 is 0 Å². The number of methoxy groups -OCH3 is 3. The molecule has 3 aromatic rings. The van der Waals surface area contributed by atoms with Crippen LogP contribution in [-0.2, 0) is 6.61 Å². The second kappa shape index (κ2) is 9.01. The topological polar surface area (TPSA) is 63.2 Å². The Balaban J connectivity index is 1.58. The van der Waals surface area contributed by atoms with Crippen LogP contribution in [0.4, 0.5) is 4.39 Å². The van der Waals surface area contributed by atoms with Gasteiger partial charge in [-0.3, -0.25) is 4.79 Å². The van der Waals surface area contributed by atoms with E-state index in [1.807, 2.05) is 0 Å². The van der Waals surface area contributed by atoms with Crippen molar-refractivity contribution in [2.45, 2.75) is 6.61 Å². The maximum Gasteiger partial charge on any atom is 0.231 e. The summed E-state index contributed by atoms with van der Waals surface area (Å²) in [5.41, 5.74) is 1.44. The zero-order chi connectivity index (χ0) is 22.7. The molecule has 32 heavy (non-hydrogen) atoms. The number of ketones is 1. The molecule has 1 aliphatic heterocycles. The number of hydrogen-bond acceptors (Lipinski definition) is 6. The van der Waals surface area contributed by atoms with Crippen molar-refractivity contribution >= 4 is 11.9 Å². The lowest BCUT2D eigenvalue weighted by atomic mass is 10.1. The first-order valence-electron chi connectivity index (χ1n) is 9.78. The van der Waals surface area contributed by atoms with Gasteiger partial charge in [0.05, 0.1) is 26.9 Å². The van der Waals surface area contributed by atoms with Crippen LogP contribution in [0.2, 0.25) is 0 Å². The number of Topliss-reactive ketones (excluding diaryl/α,β-unsaturated/α-hetero) is 1. The fraction of sp³-hybridized carbons (Fsp3) is 0.160. The molecule has 0 bridgehead atoms. The zero-order valence-electron chi connectivity index (χ0n) is 17.8. The van der Waals surface area contributed by atoms with Gasteiger partial charge in [0.2, 0.25) is 5.78 Å². The predicted molar refractivity (Wildman–Crippen MR) is 116 cm³/mol. The third-order valence-corrected chi connectivity index (χ3v) is 5.02. The minimum absolute atomic E-state index is 0.0605. The molecule has 0 aromatic heterocycles. The molecule has 0 saturated carbocycles. The molecular weight excluding hydrogens is 415 g/mol. The zero-order valence-corrected chi connectivity index (χ0v) is 17.8. The molecule has 0 aliphatic carbocycles. The van der Waals surface area contributed by atoms with E-state index in [1.165, 1.54) is 27.4 Å². The molecule has 6 nitrogen and oxygen atoms in total. The molecule has 7 heteroatoms. The summed E-state index contributed by atoms with van der Waals surface area (Å²) in [7, 11) is 4.58. The first kappa shape index (κ1) is 21.2. The molecule has 0 fully saturated rings. The molecule has 0 atom stereocenters. The van der Waals surface area contributed by atoms with Crippen molar-refractivity contribution in [1.29, 1.82) is 0 Å². The summed E-state index contributed by atoms with van der Waals surface area (Å²) in [6.07, 6.45) is 1.59. The van der Waals surface area contributed by atoms with Gasteiger partial charge < -0.3 is 23.7 Å². The molecule has 164 valence electrons. The molecule has 0 N–H and O–H groups in total. The molecule has 0 spiro atoms. The largest absolute Gasteiger partial charge is 0.496 e. The third kappa shape index (κ3) is 4.09. The fourth-order valence-electron chi connectivity index (χ4n) is 3.34. The molecule has 4 rings (SSSR count). The van der Waals surface area contributed by atoms with Gasteiger partial charge in [-0.15, -0.1) is 0 Å². The van der Waals surface area contributed by atoms with E-state index in [1.54, 1.807) is 54.6 Å². The van der Waals surface area contributed by atoms with Crippen molar-refractivity contribution in [2.24, 2.45) is 0 Å². The van der Waals surface area contributed by atoms with Gasteiger partial charge in [0, 0.05) is 23.3 Å². The Labute approximate surface area is 184 Å². The summed E-state index contributed by atoms with van der Waals surface area (Å²) in [4.78, 5) is 12.8. The van der Waals surface area contributed by atoms with Gasteiger partial charge in [0.25, 0.3) is 0 Å². The number of ether oxygens (including phenoxy) is 5. The Bertz CT molecular complexity index is 1200. The summed E-state index contributed by atoms with van der Waals surface area (Å²) in [5.74, 6) is 1.85. The minimum Gasteiger partial charge on any atom is -0.496 e. The lowest BCUT2D eigenvalue weighted by Gasteiger charge is -2.12. The van der Waals surface area contributed by atoms with Crippen LogP contribution in [0, 0.1) is 5.82 Å². The summed E-state index contributed by atoms with van der Waals surface area (Å²) in [6.45, 7) is 0.0605. The number of carbonyl (C=O) groups excluding carboxylic acids is 1. The van der Waals surface area contributed by atoms with E-state index in [-0.39, 0.29) is 24.0 Å². The normalized spacial score (nSPS) is 13.5. The Morgan fingerprint density at radius 3 is 2.34 bits per heavy atom. The number of benzene rings is 3. The van der Waals surface area contributed by atoms with Crippen LogP contribution in [0.15, 0.2) is 60.4 Å². The first-order valence-corrected chi connectivity index (χ1v) is 9.78. The van der Waals surface area contributed by atoms with Gasteiger partial charge in [-0.2, -0.15) is 0 Å². The van der Waals surface area contributed by atoms with Crippen molar-refractivity contribution in [2.75, 3.05) is 21.3 Å². The SMILES string of the molecule is COc1cc(OC)c(OC)cc1/C=C1\Oc2cc(OCc3ccccc3F)ccc2C1=O. The van der Waals surface area contributed by atoms with Crippen molar-refractivity contribution in [3.05, 3.63) is 82.9 Å². The van der Waals surface area contributed by atoms with E-state index in [4.69, 9.17) is 23.7 Å². The quantitative estimate of drug-likeness (QED) is 0.483. The van der Waals surface area contributed by atoms with E-state index >= 15 is 0 Å². The molecule has 0 unspecified atom stereocenters. The molecule has 1 aliphatic rings. The highest BCUT2D eigenvalue weighted by molar-refractivity contribution is 6.14. The van der Waals surface area contributed by atoms with E-state index < -0.39 is 0 Å². The van der Waals surface area contributed by atoms with Gasteiger partial charge in [-0.25, -0.2) is 4.39 Å². The monoisotopic (exact) mass is 436 g/mol. The highest BCUT2D eigenvalue weighted by Crippen LogP contribution is 2.39. The van der Waals surface area contributed by atoms with Crippen molar-refractivity contribution in [1.82, 2.24) is 0 Å². The third-order valence-electron chi connectivity index (χ3n) is 5.02. The molecule has 0 saturated heterocycles. The van der Waals surface area contributed by atoms with Gasteiger partial charge in [-0.05, 0) is 30.3 Å². The molecule has 1 heterocycles. The first-order chi connectivity index (χ1) is 15.5. The van der Waals surface area contributed by atoms with Gasteiger partial charge in [-0.1, -0.05) is 18.2 Å². The predicted octanol–water partition coefficient (Wildman–Crippen LogP) is 5.05. The number of allylic oxidation sites excluding steroid dienone is 1. The van der Waals surface area contributed by atoms with Crippen molar-refractivity contribution in [3.8, 4) is 28.7 Å². The number of hydrogen-bond donors (Lipinski definition) is 0. The maximum atomic E-state index is 13.8. The van der Waals surface area contributed by atoms with Crippen LogP contribution in [0.3, 0.4) is 0 Å². The Hall–Kier alpha value is -4.00. The van der Waals surface area contributed by atoms with E-state index in [0.29, 0.717) is 45.4 Å². The van der Waals surface area contributed by atoms with Crippen LogP contribution < -0.4 is 23.7 Å². The highest BCUT2D eigenvalue weighted by atomic mass is 19.1. The van der Waals surface area contributed by atoms with Crippen molar-refractivity contribution in [3.63, 3.8) is 0 Å². The van der Waals surface area contributed by atoms with Crippen LogP contribution in [0.5, 0.6) is 28.7 Å². The Kier molecular flexibility index (Phi) is 5.98. The minimum atomic E-state index is -0.339. The maximum absolute atomic E-state index is 13.8. The number of fused-ring (bicyclic) bond motifs is 1. The standard InChI is InChI=1S/C25H21FO6/c1-28-20-13-23(30-3)22(29-2)10-16(20)11-24-25(27)18-9-8-17(12-21(18)32-24)31-14-15-6-4-5-7-19(15)26/h4-13H,14H2,1-3H3/b24-11-. The molecule has 3 aromatic carbocycles. The van der Waals surface area contributed by atoms with Gasteiger partial charge in [0.15, 0.2) is 17.3 Å². The van der Waals surface area contributed by atoms with Crippen LogP contribution in [-0.4, -0.2) is 27.1 Å². The summed E-state index contributed by atoms with van der Waals surface area (Å²) < 4.78 is 41.3. The summed E-state index contributed by atoms with van der Waals surface area (Å²) >= 11 is 0. The summed E-state index contributed by atoms with van der Waals surface area (Å²) in [6, 6.07) is 14.7. The molecule has 0 amide bonds.